The largest absolute Gasteiger partial charge is 0.294 e. The van der Waals surface area contributed by atoms with Gasteiger partial charge in [-0.15, -0.1) is 11.8 Å². The summed E-state index contributed by atoms with van der Waals surface area (Å²) >= 11 is 1.75. The lowest BCUT2D eigenvalue weighted by molar-refractivity contribution is 0.0984. The van der Waals surface area contributed by atoms with Crippen LogP contribution in [0.15, 0.2) is 29.7 Å². The van der Waals surface area contributed by atoms with Crippen molar-refractivity contribution in [3.63, 3.8) is 0 Å². The molecule has 13 heavy (non-hydrogen) atoms. The lowest BCUT2D eigenvalue weighted by Crippen LogP contribution is -2.09. The summed E-state index contributed by atoms with van der Waals surface area (Å²) in [6, 6.07) is 5.92. The van der Waals surface area contributed by atoms with Crippen LogP contribution in [0.4, 0.5) is 0 Å². The molecule has 2 heteroatoms. The fourth-order valence-corrected chi connectivity index (χ4v) is 2.57. The number of carbonyl (C=O) groups excluding carboxylic acids is 1. The van der Waals surface area contributed by atoms with E-state index in [4.69, 9.17) is 0 Å². The summed E-state index contributed by atoms with van der Waals surface area (Å²) in [6.07, 6.45) is 2.41. The van der Waals surface area contributed by atoms with Crippen molar-refractivity contribution in [2.45, 2.75) is 11.3 Å². The van der Waals surface area contributed by atoms with E-state index in [1.54, 1.807) is 17.8 Å². The first-order valence-corrected chi connectivity index (χ1v) is 5.23. The normalized spacial score (nSPS) is 15.2. The Kier molecular flexibility index (Phi) is 2.23. The van der Waals surface area contributed by atoms with Crippen LogP contribution >= 0.6 is 11.8 Å². The van der Waals surface area contributed by atoms with E-state index >= 15 is 0 Å². The molecule has 1 heterocycles. The SMILES string of the molecule is C=Cc1cccc2c1C(=O)CCS2. The van der Waals surface area contributed by atoms with Crippen molar-refractivity contribution in [1.29, 1.82) is 0 Å². The maximum atomic E-state index is 11.6. The van der Waals surface area contributed by atoms with Crippen LogP contribution in [0.3, 0.4) is 0 Å². The molecule has 0 fully saturated rings. The highest BCUT2D eigenvalue weighted by atomic mass is 32.2. The van der Waals surface area contributed by atoms with E-state index in [0.29, 0.717) is 6.42 Å². The summed E-state index contributed by atoms with van der Waals surface area (Å²) < 4.78 is 0. The molecule has 0 saturated heterocycles. The van der Waals surface area contributed by atoms with Gasteiger partial charge in [-0.25, -0.2) is 0 Å². The third kappa shape index (κ3) is 1.42. The van der Waals surface area contributed by atoms with Gasteiger partial charge in [0.1, 0.15) is 0 Å². The van der Waals surface area contributed by atoms with Gasteiger partial charge in [0.25, 0.3) is 0 Å². The minimum absolute atomic E-state index is 0.254. The number of rotatable bonds is 1. The van der Waals surface area contributed by atoms with Crippen LogP contribution in [-0.4, -0.2) is 11.5 Å². The Hall–Kier alpha value is -1.02. The quantitative estimate of drug-likeness (QED) is 0.677. The molecule has 0 spiro atoms. The van der Waals surface area contributed by atoms with Crippen molar-refractivity contribution in [1.82, 2.24) is 0 Å². The first-order valence-electron chi connectivity index (χ1n) is 4.24. The summed E-state index contributed by atoms with van der Waals surface area (Å²) in [5.41, 5.74) is 1.84. The Morgan fingerprint density at radius 1 is 1.46 bits per heavy atom. The molecule has 0 amide bonds. The van der Waals surface area contributed by atoms with Gasteiger partial charge in [-0.2, -0.15) is 0 Å². The second-order valence-electron chi connectivity index (χ2n) is 2.95. The molecule has 1 aromatic carbocycles. The molecule has 0 saturated carbocycles. The molecule has 0 radical (unpaired) electrons. The van der Waals surface area contributed by atoms with Crippen LogP contribution in [0.5, 0.6) is 0 Å². The molecule has 1 aromatic rings. The van der Waals surface area contributed by atoms with Gasteiger partial charge in [0.05, 0.1) is 0 Å². The Bertz CT molecular complexity index is 368. The van der Waals surface area contributed by atoms with Gasteiger partial charge in [-0.05, 0) is 11.6 Å². The zero-order chi connectivity index (χ0) is 9.26. The summed E-state index contributed by atoms with van der Waals surface area (Å²) in [5.74, 6) is 1.16. The molecule has 0 bridgehead atoms. The molecule has 0 unspecified atom stereocenters. The number of benzene rings is 1. The van der Waals surface area contributed by atoms with Gasteiger partial charge in [-0.3, -0.25) is 4.79 Å². The number of carbonyl (C=O) groups is 1. The molecule has 1 aliphatic heterocycles. The first kappa shape index (κ1) is 8.57. The molecule has 0 atom stereocenters. The van der Waals surface area contributed by atoms with E-state index < -0.39 is 0 Å². The van der Waals surface area contributed by atoms with E-state index in [-0.39, 0.29) is 5.78 Å². The average molecular weight is 190 g/mol. The Labute approximate surface area is 81.8 Å². The molecule has 0 aliphatic carbocycles. The van der Waals surface area contributed by atoms with Gasteiger partial charge < -0.3 is 0 Å². The fraction of sp³-hybridized carbons (Fsp3) is 0.182. The monoisotopic (exact) mass is 190 g/mol. The van der Waals surface area contributed by atoms with Crippen molar-refractivity contribution >= 4 is 23.6 Å². The number of thioether (sulfide) groups is 1. The molecular weight excluding hydrogens is 180 g/mol. The summed E-state index contributed by atoms with van der Waals surface area (Å²) in [4.78, 5) is 12.7. The molecule has 0 N–H and O–H groups in total. The lowest BCUT2D eigenvalue weighted by Gasteiger charge is -2.15. The number of Topliss-reactive ketones (excluding diaryl/α,β-unsaturated/α-hetero) is 1. The minimum Gasteiger partial charge on any atom is -0.294 e. The molecular formula is C11H10OS. The molecule has 66 valence electrons. The zero-order valence-electron chi connectivity index (χ0n) is 7.25. The van der Waals surface area contributed by atoms with Crippen LogP contribution in [0.1, 0.15) is 22.3 Å². The van der Waals surface area contributed by atoms with Crippen molar-refractivity contribution in [3.05, 3.63) is 35.9 Å². The third-order valence-electron chi connectivity index (χ3n) is 2.14. The van der Waals surface area contributed by atoms with Gasteiger partial charge in [0, 0.05) is 22.6 Å². The second-order valence-corrected chi connectivity index (χ2v) is 4.08. The van der Waals surface area contributed by atoms with E-state index in [2.05, 4.69) is 6.58 Å². The molecule has 1 nitrogen and oxygen atoms in total. The maximum absolute atomic E-state index is 11.6. The zero-order valence-corrected chi connectivity index (χ0v) is 8.06. The van der Waals surface area contributed by atoms with Gasteiger partial charge in [-0.1, -0.05) is 24.8 Å². The highest BCUT2D eigenvalue weighted by Gasteiger charge is 2.19. The van der Waals surface area contributed by atoms with Gasteiger partial charge in [0.15, 0.2) is 5.78 Å². The second kappa shape index (κ2) is 3.38. The van der Waals surface area contributed by atoms with Crippen LogP contribution in [-0.2, 0) is 0 Å². The highest BCUT2D eigenvalue weighted by molar-refractivity contribution is 7.99. The van der Waals surface area contributed by atoms with Crippen LogP contribution < -0.4 is 0 Å². The van der Waals surface area contributed by atoms with E-state index in [1.807, 2.05) is 18.2 Å². The van der Waals surface area contributed by atoms with Crippen molar-refractivity contribution in [3.8, 4) is 0 Å². The van der Waals surface area contributed by atoms with Crippen molar-refractivity contribution in [2.75, 3.05) is 5.75 Å². The van der Waals surface area contributed by atoms with Crippen molar-refractivity contribution < 1.29 is 4.79 Å². The number of ketones is 1. The highest BCUT2D eigenvalue weighted by Crippen LogP contribution is 2.32. The predicted molar refractivity (Wildman–Crippen MR) is 56.2 cm³/mol. The van der Waals surface area contributed by atoms with E-state index in [9.17, 15) is 4.79 Å². The summed E-state index contributed by atoms with van der Waals surface area (Å²) in [6.45, 7) is 3.71. The summed E-state index contributed by atoms with van der Waals surface area (Å²) in [5, 5.41) is 0. The molecule has 0 aromatic heterocycles. The Balaban J connectivity index is 2.63. The van der Waals surface area contributed by atoms with E-state index in [1.165, 1.54) is 0 Å². The van der Waals surface area contributed by atoms with Crippen LogP contribution in [0, 0.1) is 0 Å². The minimum atomic E-state index is 0.254. The van der Waals surface area contributed by atoms with Gasteiger partial charge in [0.2, 0.25) is 0 Å². The third-order valence-corrected chi connectivity index (χ3v) is 3.20. The Morgan fingerprint density at radius 3 is 3.08 bits per heavy atom. The predicted octanol–water partition coefficient (Wildman–Crippen LogP) is 3.01. The smallest absolute Gasteiger partial charge is 0.165 e. The fourth-order valence-electron chi connectivity index (χ4n) is 1.52. The topological polar surface area (TPSA) is 17.1 Å². The standard InChI is InChI=1S/C11H10OS/c1-2-8-4-3-5-10-11(8)9(12)6-7-13-10/h2-5H,1,6-7H2. The lowest BCUT2D eigenvalue weighted by atomic mass is 10.0. The number of hydrogen-bond acceptors (Lipinski definition) is 2. The Morgan fingerprint density at radius 2 is 2.31 bits per heavy atom. The molecule has 1 aliphatic rings. The van der Waals surface area contributed by atoms with Gasteiger partial charge >= 0.3 is 0 Å². The summed E-state index contributed by atoms with van der Waals surface area (Å²) in [7, 11) is 0. The maximum Gasteiger partial charge on any atom is 0.165 e. The average Bonchev–Trinajstić information content (AvgIpc) is 2.17. The first-order chi connectivity index (χ1) is 6.33. The number of fused-ring (bicyclic) bond motifs is 1. The molecule has 2 rings (SSSR count). The van der Waals surface area contributed by atoms with Crippen molar-refractivity contribution in [2.24, 2.45) is 0 Å². The van der Waals surface area contributed by atoms with Crippen LogP contribution in [0.2, 0.25) is 0 Å². The number of hydrogen-bond donors (Lipinski definition) is 0. The van der Waals surface area contributed by atoms with E-state index in [0.717, 1.165) is 21.8 Å². The van der Waals surface area contributed by atoms with Crippen LogP contribution in [0.25, 0.3) is 6.08 Å².